The van der Waals surface area contributed by atoms with Crippen LogP contribution in [0.15, 0.2) is 30.5 Å². The van der Waals surface area contributed by atoms with Crippen molar-refractivity contribution in [3.05, 3.63) is 41.6 Å². The minimum Gasteiger partial charge on any atom is -0.348 e. The summed E-state index contributed by atoms with van der Waals surface area (Å²) in [5.41, 5.74) is 4.40. The maximum absolute atomic E-state index is 2.31. The van der Waals surface area contributed by atoms with Crippen LogP contribution < -0.4 is 0 Å². The van der Waals surface area contributed by atoms with Gasteiger partial charge in [-0.25, -0.2) is 0 Å². The molecule has 1 aliphatic rings. The Hall–Kier alpha value is -1.50. The summed E-state index contributed by atoms with van der Waals surface area (Å²) in [6.45, 7) is 7.81. The molecule has 0 saturated carbocycles. The van der Waals surface area contributed by atoms with Gasteiger partial charge in [-0.15, -0.1) is 0 Å². The van der Waals surface area contributed by atoms with Gasteiger partial charge in [-0.05, 0) is 30.2 Å². The van der Waals surface area contributed by atoms with Gasteiger partial charge in [-0.1, -0.05) is 32.1 Å². The van der Waals surface area contributed by atoms with Crippen LogP contribution in [0.1, 0.15) is 31.9 Å². The van der Waals surface area contributed by atoms with Gasteiger partial charge in [-0.2, -0.15) is 0 Å². The zero-order valence-electron chi connectivity index (χ0n) is 10.1. The van der Waals surface area contributed by atoms with E-state index in [0.717, 1.165) is 6.54 Å². The summed E-state index contributed by atoms with van der Waals surface area (Å²) in [4.78, 5) is 0. The predicted molar refractivity (Wildman–Crippen MR) is 69.7 cm³/mol. The van der Waals surface area contributed by atoms with Crippen molar-refractivity contribution in [3.63, 3.8) is 0 Å². The van der Waals surface area contributed by atoms with Crippen LogP contribution in [0.5, 0.6) is 0 Å². The lowest BCUT2D eigenvalue weighted by Crippen LogP contribution is -2.11. The molecule has 0 spiro atoms. The van der Waals surface area contributed by atoms with Crippen LogP contribution in [-0.4, -0.2) is 4.57 Å². The topological polar surface area (TPSA) is 4.93 Å². The Morgan fingerprint density at radius 3 is 2.75 bits per heavy atom. The number of hydrogen-bond donors (Lipinski definition) is 0. The van der Waals surface area contributed by atoms with Gasteiger partial charge in [0.2, 0.25) is 0 Å². The minimum atomic E-state index is 0.175. The van der Waals surface area contributed by atoms with E-state index in [0.29, 0.717) is 0 Å². The SMILES string of the molecule is CCn1ccc2c3c(ccc21)C=CC3(C)C. The molecule has 0 bridgehead atoms. The number of nitrogens with zero attached hydrogens (tertiary/aromatic N) is 1. The maximum atomic E-state index is 2.31. The van der Waals surface area contributed by atoms with Gasteiger partial charge in [-0.3, -0.25) is 0 Å². The molecule has 0 N–H and O–H groups in total. The van der Waals surface area contributed by atoms with E-state index in [4.69, 9.17) is 0 Å². The van der Waals surface area contributed by atoms with Gasteiger partial charge in [0, 0.05) is 29.1 Å². The van der Waals surface area contributed by atoms with Crippen molar-refractivity contribution < 1.29 is 0 Å². The number of fused-ring (bicyclic) bond motifs is 3. The number of allylic oxidation sites excluding steroid dienone is 1. The summed E-state index contributed by atoms with van der Waals surface area (Å²) in [5, 5.41) is 1.41. The average molecular weight is 211 g/mol. The van der Waals surface area contributed by atoms with E-state index in [1.165, 1.54) is 22.0 Å². The fourth-order valence-electron chi connectivity index (χ4n) is 2.80. The lowest BCUT2D eigenvalue weighted by Gasteiger charge is -2.19. The first-order valence-electron chi connectivity index (χ1n) is 5.95. The number of benzene rings is 1. The van der Waals surface area contributed by atoms with Crippen LogP contribution in [0.3, 0.4) is 0 Å². The number of aryl methyl sites for hydroxylation is 1. The summed E-state index contributed by atoms with van der Waals surface area (Å²) in [6.07, 6.45) is 6.75. The Morgan fingerprint density at radius 2 is 2.00 bits per heavy atom. The fourth-order valence-corrected chi connectivity index (χ4v) is 2.80. The molecule has 16 heavy (non-hydrogen) atoms. The molecular weight excluding hydrogens is 194 g/mol. The van der Waals surface area contributed by atoms with Crippen LogP contribution in [0.2, 0.25) is 0 Å². The molecule has 1 nitrogen and oxygen atoms in total. The molecule has 0 unspecified atom stereocenters. The van der Waals surface area contributed by atoms with Crippen molar-refractivity contribution in [1.29, 1.82) is 0 Å². The van der Waals surface area contributed by atoms with Crippen molar-refractivity contribution in [3.8, 4) is 0 Å². The maximum Gasteiger partial charge on any atom is 0.0483 e. The molecule has 2 aromatic rings. The second kappa shape index (κ2) is 3.00. The van der Waals surface area contributed by atoms with Crippen LogP contribution in [0.25, 0.3) is 17.0 Å². The monoisotopic (exact) mass is 211 g/mol. The molecule has 1 aromatic carbocycles. The van der Waals surface area contributed by atoms with Gasteiger partial charge >= 0.3 is 0 Å². The zero-order valence-corrected chi connectivity index (χ0v) is 10.1. The van der Waals surface area contributed by atoms with E-state index >= 15 is 0 Å². The Bertz CT molecular complexity index is 585. The van der Waals surface area contributed by atoms with E-state index in [1.54, 1.807) is 0 Å². The van der Waals surface area contributed by atoms with E-state index < -0.39 is 0 Å². The molecule has 0 amide bonds. The average Bonchev–Trinajstić information content (AvgIpc) is 2.79. The molecule has 0 atom stereocenters. The Labute approximate surface area is 96.4 Å². The second-order valence-corrected chi connectivity index (χ2v) is 5.12. The third kappa shape index (κ3) is 1.12. The molecule has 1 aliphatic carbocycles. The third-order valence-electron chi connectivity index (χ3n) is 3.65. The normalized spacial score (nSPS) is 16.9. The Morgan fingerprint density at radius 1 is 1.19 bits per heavy atom. The van der Waals surface area contributed by atoms with E-state index in [-0.39, 0.29) is 5.41 Å². The second-order valence-electron chi connectivity index (χ2n) is 5.12. The number of aromatic nitrogens is 1. The van der Waals surface area contributed by atoms with Gasteiger partial charge in [0.1, 0.15) is 0 Å². The summed E-state index contributed by atoms with van der Waals surface area (Å²) in [7, 11) is 0. The highest BCUT2D eigenvalue weighted by Gasteiger charge is 2.27. The molecule has 0 radical (unpaired) electrons. The molecule has 0 saturated heterocycles. The summed E-state index contributed by atoms with van der Waals surface area (Å²) >= 11 is 0. The first-order chi connectivity index (χ1) is 7.63. The van der Waals surface area contributed by atoms with Crippen molar-refractivity contribution in [1.82, 2.24) is 4.57 Å². The summed E-state index contributed by atoms with van der Waals surface area (Å²) < 4.78 is 2.31. The highest BCUT2D eigenvalue weighted by Crippen LogP contribution is 2.40. The number of hydrogen-bond acceptors (Lipinski definition) is 0. The van der Waals surface area contributed by atoms with Crippen LogP contribution in [0, 0.1) is 0 Å². The van der Waals surface area contributed by atoms with Crippen molar-refractivity contribution >= 4 is 17.0 Å². The van der Waals surface area contributed by atoms with Crippen molar-refractivity contribution in [2.24, 2.45) is 0 Å². The largest absolute Gasteiger partial charge is 0.348 e. The van der Waals surface area contributed by atoms with Crippen LogP contribution >= 0.6 is 0 Å². The summed E-state index contributed by atoms with van der Waals surface area (Å²) in [6, 6.07) is 6.74. The lowest BCUT2D eigenvalue weighted by molar-refractivity contribution is 0.690. The predicted octanol–water partition coefficient (Wildman–Crippen LogP) is 3.97. The molecule has 3 rings (SSSR count). The Kier molecular flexibility index (Phi) is 1.82. The molecule has 0 aliphatic heterocycles. The first-order valence-corrected chi connectivity index (χ1v) is 5.95. The first kappa shape index (κ1) is 9.71. The molecule has 0 fully saturated rings. The number of rotatable bonds is 1. The minimum absolute atomic E-state index is 0.175. The van der Waals surface area contributed by atoms with Crippen molar-refractivity contribution in [2.45, 2.75) is 32.7 Å². The van der Waals surface area contributed by atoms with E-state index in [9.17, 15) is 0 Å². The molecule has 1 heteroatoms. The standard InChI is InChI=1S/C15H17N/c1-4-16-10-8-12-13(16)6-5-11-7-9-15(2,3)14(11)12/h5-10H,4H2,1-3H3. The lowest BCUT2D eigenvalue weighted by atomic mass is 9.85. The van der Waals surface area contributed by atoms with Crippen LogP contribution in [-0.2, 0) is 12.0 Å². The van der Waals surface area contributed by atoms with Crippen LogP contribution in [0.4, 0.5) is 0 Å². The highest BCUT2D eigenvalue weighted by atomic mass is 14.9. The third-order valence-corrected chi connectivity index (χ3v) is 3.65. The summed E-state index contributed by atoms with van der Waals surface area (Å²) in [5.74, 6) is 0. The van der Waals surface area contributed by atoms with E-state index in [2.05, 4.69) is 61.9 Å². The zero-order chi connectivity index (χ0) is 11.3. The van der Waals surface area contributed by atoms with E-state index in [1.807, 2.05) is 0 Å². The highest BCUT2D eigenvalue weighted by molar-refractivity contribution is 5.90. The quantitative estimate of drug-likeness (QED) is 0.672. The van der Waals surface area contributed by atoms with Gasteiger partial charge in [0.25, 0.3) is 0 Å². The fraction of sp³-hybridized carbons (Fsp3) is 0.333. The van der Waals surface area contributed by atoms with Gasteiger partial charge in [0.05, 0.1) is 0 Å². The Balaban J connectivity index is 2.39. The molecule has 1 aromatic heterocycles. The van der Waals surface area contributed by atoms with Gasteiger partial charge < -0.3 is 4.57 Å². The smallest absolute Gasteiger partial charge is 0.0483 e. The molecule has 82 valence electrons. The van der Waals surface area contributed by atoms with Gasteiger partial charge in [0.15, 0.2) is 0 Å². The molecule has 1 heterocycles. The molecular formula is C15H17N. The van der Waals surface area contributed by atoms with Crippen molar-refractivity contribution in [2.75, 3.05) is 0 Å².